The van der Waals surface area contributed by atoms with Crippen LogP contribution in [0.4, 0.5) is 0 Å². The summed E-state index contributed by atoms with van der Waals surface area (Å²) in [6.45, 7) is -0.382. The minimum absolute atomic E-state index is 0.0475. The van der Waals surface area contributed by atoms with Crippen LogP contribution in [0.1, 0.15) is 13.3 Å². The highest BCUT2D eigenvalue weighted by Gasteiger charge is 2.78. The molecule has 30 heteroatoms. The van der Waals surface area contributed by atoms with Gasteiger partial charge in [0.05, 0.1) is 19.8 Å². The van der Waals surface area contributed by atoms with Gasteiger partial charge in [-0.1, -0.05) is 0 Å². The molecule has 0 bridgehead atoms. The van der Waals surface area contributed by atoms with Crippen LogP contribution in [-0.2, 0) is 71.1 Å². The summed E-state index contributed by atoms with van der Waals surface area (Å²) in [5.41, 5.74) is 1.10. The van der Waals surface area contributed by atoms with Crippen molar-refractivity contribution in [1.82, 2.24) is 0 Å². The average Bonchev–Trinajstić information content (AvgIpc) is 4.22. The maximum atomic E-state index is 12.2. The van der Waals surface area contributed by atoms with Gasteiger partial charge < -0.3 is 144 Å². The molecule has 12 unspecified atom stereocenters. The molecule has 9 saturated heterocycles. The van der Waals surface area contributed by atoms with Gasteiger partial charge >= 0.3 is 5.97 Å². The van der Waals surface area contributed by atoms with Gasteiger partial charge in [-0.05, 0) is 19.9 Å². The summed E-state index contributed by atoms with van der Waals surface area (Å²) >= 11 is 0. The molecule has 0 amide bonds. The molecule has 67 heavy (non-hydrogen) atoms. The van der Waals surface area contributed by atoms with Crippen LogP contribution in [0.5, 0.6) is 0 Å². The van der Waals surface area contributed by atoms with Crippen molar-refractivity contribution >= 4 is 5.97 Å². The van der Waals surface area contributed by atoms with Gasteiger partial charge in [-0.3, -0.25) is 0 Å². The fraction of sp³-hybridized carbons (Fsp3) is 0.973. The van der Waals surface area contributed by atoms with Crippen LogP contribution in [0.15, 0.2) is 0 Å². The first-order valence-corrected chi connectivity index (χ1v) is 21.6. The Labute approximate surface area is 377 Å². The molecular weight excluding hydrogens is 922 g/mol. The van der Waals surface area contributed by atoms with E-state index in [2.05, 4.69) is 0 Å². The van der Waals surface area contributed by atoms with Gasteiger partial charge in [0.1, 0.15) is 122 Å². The predicted molar refractivity (Wildman–Crippen MR) is 197 cm³/mol. The number of rotatable bonds is 16. The number of aliphatic hydroxyl groups is 13. The van der Waals surface area contributed by atoms with Crippen LogP contribution in [-0.4, -0.2) is 287 Å². The average molecular weight is 980 g/mol. The number of hydrogen-bond acceptors (Lipinski definition) is 29. The first-order valence-electron chi connectivity index (χ1n) is 21.6. The Hall–Kier alpha value is -1.65. The number of aliphatic hydroxyl groups excluding tert-OH is 12. The first kappa shape index (κ1) is 50.3. The Morgan fingerprint density at radius 2 is 1.24 bits per heavy atom. The second-order valence-corrected chi connectivity index (χ2v) is 18.0. The largest absolute Gasteiger partial charge is 0.479 e. The topological polar surface area (TPSA) is 465 Å². The maximum Gasteiger partial charge on any atom is 0.335 e. The third-order valence-electron chi connectivity index (χ3n) is 13.4. The molecule has 384 valence electrons. The van der Waals surface area contributed by atoms with E-state index in [-0.39, 0.29) is 13.2 Å². The zero-order chi connectivity index (χ0) is 48.2. The van der Waals surface area contributed by atoms with Crippen LogP contribution in [0.25, 0.3) is 0 Å². The van der Waals surface area contributed by atoms with E-state index in [1.807, 2.05) is 0 Å². The lowest BCUT2D eigenvalue weighted by atomic mass is 9.81. The third-order valence-corrected chi connectivity index (χ3v) is 13.4. The van der Waals surface area contributed by atoms with Crippen molar-refractivity contribution in [3.8, 4) is 0 Å². The van der Waals surface area contributed by atoms with Crippen molar-refractivity contribution in [3.05, 3.63) is 0 Å². The van der Waals surface area contributed by atoms with Crippen LogP contribution in [0.2, 0.25) is 0 Å². The van der Waals surface area contributed by atoms with Gasteiger partial charge in [-0.15, -0.1) is 0 Å². The molecule has 30 nitrogen and oxygen atoms in total. The number of hydrogen-bond donors (Lipinski definition) is 15. The Morgan fingerprint density at radius 3 is 1.94 bits per heavy atom. The molecule has 0 aromatic heterocycles. The summed E-state index contributed by atoms with van der Waals surface area (Å²) in [6.07, 6.45) is -46.9. The molecule has 0 saturated carbocycles. The van der Waals surface area contributed by atoms with Crippen LogP contribution in [0, 0.1) is 0 Å². The maximum absolute atomic E-state index is 12.2. The highest BCUT2D eigenvalue weighted by molar-refractivity contribution is 5.73. The molecule has 0 radical (unpaired) electrons. The molecule has 9 heterocycles. The van der Waals surface area contributed by atoms with Gasteiger partial charge in [-0.2, -0.15) is 0 Å². The molecule has 30 atom stereocenters. The molecule has 9 fully saturated rings. The monoisotopic (exact) mass is 979 g/mol. The number of epoxide rings is 3. The van der Waals surface area contributed by atoms with Crippen molar-refractivity contribution in [2.45, 2.75) is 197 Å². The summed E-state index contributed by atoms with van der Waals surface area (Å²) in [6, 6.07) is 0. The Kier molecular flexibility index (Phi) is 14.3. The Balaban J connectivity index is 0.924. The van der Waals surface area contributed by atoms with Gasteiger partial charge in [0.25, 0.3) is 0 Å². The summed E-state index contributed by atoms with van der Waals surface area (Å²) in [5, 5.41) is 151. The summed E-state index contributed by atoms with van der Waals surface area (Å²) in [4.78, 5) is 11.6. The molecule has 9 aliphatic heterocycles. The van der Waals surface area contributed by atoms with Crippen LogP contribution >= 0.6 is 0 Å². The van der Waals surface area contributed by atoms with Crippen molar-refractivity contribution in [2.24, 2.45) is 5.73 Å². The smallest absolute Gasteiger partial charge is 0.335 e. The number of carboxylic acids is 1. The lowest BCUT2D eigenvalue weighted by molar-refractivity contribution is -0.377. The number of ether oxygens (including phenoxy) is 14. The molecule has 9 rings (SSSR count). The summed E-state index contributed by atoms with van der Waals surface area (Å²) in [5.74, 6) is -1.71. The number of carbonyl (C=O) groups is 1. The van der Waals surface area contributed by atoms with E-state index in [9.17, 15) is 76.3 Å². The molecule has 16 N–H and O–H groups in total. The van der Waals surface area contributed by atoms with E-state index >= 15 is 0 Å². The Morgan fingerprint density at radius 1 is 0.597 bits per heavy atom. The second-order valence-electron chi connectivity index (χ2n) is 18.0. The highest BCUT2D eigenvalue weighted by atomic mass is 16.9. The number of fused-ring (bicyclic) bond motifs is 3. The summed E-state index contributed by atoms with van der Waals surface area (Å²) < 4.78 is 80.0. The van der Waals surface area contributed by atoms with E-state index < -0.39 is 203 Å². The van der Waals surface area contributed by atoms with Crippen molar-refractivity contribution in [2.75, 3.05) is 26.4 Å². The van der Waals surface area contributed by atoms with Gasteiger partial charge in [-0.25, -0.2) is 4.79 Å². The molecule has 0 aliphatic carbocycles. The second kappa shape index (κ2) is 19.1. The van der Waals surface area contributed by atoms with Gasteiger partial charge in [0.15, 0.2) is 62.0 Å². The van der Waals surface area contributed by atoms with E-state index in [1.165, 1.54) is 0 Å². The number of carboxylic acid groups (broad SMARTS) is 1. The van der Waals surface area contributed by atoms with Crippen LogP contribution < -0.4 is 5.73 Å². The lowest BCUT2D eigenvalue weighted by Gasteiger charge is -2.49. The van der Waals surface area contributed by atoms with E-state index in [4.69, 9.17) is 72.0 Å². The van der Waals surface area contributed by atoms with E-state index in [1.54, 1.807) is 0 Å². The normalized spacial score (nSPS) is 56.9. The number of aliphatic carboxylic acids is 1. The molecule has 0 spiro atoms. The minimum atomic E-state index is -2.37. The Bertz CT molecular complexity index is 1740. The standard InChI is InChI=1S/C37H57NO29/c1-36(53)26(62-30-17(48)13(44)20(7(5-39)57-30)58-31-18(49)14(45)22-32(60-22)64-31)23-33(61-23)66-34(36)63-25-19(50)29(54-4-2-3-38)65-35-37(25,67-35)24-15(46)10(41)9(40)8(56-24)6-55-28-16(47)11(42)12(43)21(59-28)27(51)52/h7-26,28-35,39-50,53H,2-6,38H2,1H3,(H,51,52)/t7?,8?,9-,10+,11+,12+,13?,14?,15?,16?,17+,18+,19+,20-,21?,22-,23-,24+,25?,26?,28+,29-,30+,31+,32?,33?,34-,35?,36+,37-/m1/s1. The molecule has 0 aromatic rings. The lowest BCUT2D eigenvalue weighted by Crippen LogP contribution is -2.71. The van der Waals surface area contributed by atoms with E-state index in [0.29, 0.717) is 6.42 Å². The SMILES string of the molecule is C[C@]1(O)C(O[C@@H]2OC(CO)[C@@H](O[C@H]3OC4O[C@@H]4C(O)[C@@H]3O)C(O)[C@@H]2O)[C@H]2OC2O[C@H]1OC1[C@H](O)[C@H](OCCCN)OC2O[C@@]21[C@H]1OC(CO[C@H]2OC(C(=O)O)[C@@H](O)[C@H](O)C2O)[C@@H](O)[C@H](O)C1O. The minimum Gasteiger partial charge on any atom is -0.479 e. The van der Waals surface area contributed by atoms with Crippen LogP contribution in [0.3, 0.4) is 0 Å². The fourth-order valence-electron chi connectivity index (χ4n) is 9.36. The molecule has 9 aliphatic rings. The van der Waals surface area contributed by atoms with Gasteiger partial charge in [0, 0.05) is 0 Å². The molecule has 0 aromatic carbocycles. The van der Waals surface area contributed by atoms with Crippen molar-refractivity contribution < 1.29 is 143 Å². The van der Waals surface area contributed by atoms with Crippen molar-refractivity contribution in [3.63, 3.8) is 0 Å². The first-order chi connectivity index (χ1) is 31.7. The quantitative estimate of drug-likeness (QED) is 0.0504. The zero-order valence-electron chi connectivity index (χ0n) is 35.2. The van der Waals surface area contributed by atoms with E-state index in [0.717, 1.165) is 6.92 Å². The summed E-state index contributed by atoms with van der Waals surface area (Å²) in [7, 11) is 0. The van der Waals surface area contributed by atoms with Gasteiger partial charge in [0.2, 0.25) is 0 Å². The fourth-order valence-corrected chi connectivity index (χ4v) is 9.36. The number of nitrogens with two attached hydrogens (primary N) is 1. The molecular formula is C37H57NO29. The highest BCUT2D eigenvalue weighted by Crippen LogP contribution is 2.55. The zero-order valence-corrected chi connectivity index (χ0v) is 35.2. The predicted octanol–water partition coefficient (Wildman–Crippen LogP) is -10.8. The van der Waals surface area contributed by atoms with Crippen molar-refractivity contribution in [1.29, 1.82) is 0 Å². The third kappa shape index (κ3) is 8.93.